The van der Waals surface area contributed by atoms with Gasteiger partial charge in [-0.3, -0.25) is 23.8 Å². The topological polar surface area (TPSA) is 219 Å². The number of aromatic nitrogens is 2. The molecule has 204 valence electrons. The number of urea groups is 1. The predicted molar refractivity (Wildman–Crippen MR) is 119 cm³/mol. The summed E-state index contributed by atoms with van der Waals surface area (Å²) in [5.41, 5.74) is -2.91. The summed E-state index contributed by atoms with van der Waals surface area (Å²) < 4.78 is 45.1. The van der Waals surface area contributed by atoms with Crippen molar-refractivity contribution in [3.63, 3.8) is 0 Å². The minimum Gasteiger partial charge on any atom is -0.394 e. The number of aryl methyl sites for hydroxylation is 1. The van der Waals surface area contributed by atoms with Crippen molar-refractivity contribution in [3.05, 3.63) is 27.9 Å². The molecule has 0 radical (unpaired) electrons. The molecule has 3 amide bonds. The van der Waals surface area contributed by atoms with Gasteiger partial charge in [0.1, 0.15) is 24.6 Å². The van der Waals surface area contributed by atoms with Crippen molar-refractivity contribution in [2.45, 2.75) is 75.1 Å². The monoisotopic (exact) mass is 545 g/mol. The summed E-state index contributed by atoms with van der Waals surface area (Å²) in [5.74, 6) is -1.04. The number of hydrogen-bond acceptors (Lipinski definition) is 12. The Bertz CT molecular complexity index is 1280. The van der Waals surface area contributed by atoms with Crippen molar-refractivity contribution in [1.82, 2.24) is 24.5 Å². The number of fused-ring (bicyclic) bond motifs is 5. The maximum Gasteiger partial charge on any atom is 0.349 e. The molecule has 17 heteroatoms. The number of carbonyl (C=O) groups excluding carboxylic acids is 2. The Morgan fingerprint density at radius 2 is 1.95 bits per heavy atom. The smallest absolute Gasteiger partial charge is 0.349 e. The van der Waals surface area contributed by atoms with Crippen LogP contribution in [-0.2, 0) is 28.8 Å². The molecule has 0 aromatic carbocycles. The van der Waals surface area contributed by atoms with E-state index in [1.165, 1.54) is 6.20 Å². The van der Waals surface area contributed by atoms with Crippen molar-refractivity contribution < 1.29 is 47.0 Å². The predicted octanol–water partition coefficient (Wildman–Crippen LogP) is -3.12. The number of amides is 3. The first-order valence-electron chi connectivity index (χ1n) is 11.5. The summed E-state index contributed by atoms with van der Waals surface area (Å²) in [7, 11) is -4.45. The van der Waals surface area contributed by atoms with Crippen LogP contribution in [0.5, 0.6) is 0 Å². The van der Waals surface area contributed by atoms with Gasteiger partial charge in [0.2, 0.25) is 0 Å². The Balaban J connectivity index is 1.67. The zero-order valence-electron chi connectivity index (χ0n) is 19.8. The highest BCUT2D eigenvalue weighted by Gasteiger charge is 2.56. The van der Waals surface area contributed by atoms with Gasteiger partial charge in [0.25, 0.3) is 5.91 Å². The van der Waals surface area contributed by atoms with Crippen molar-refractivity contribution in [3.8, 4) is 0 Å². The van der Waals surface area contributed by atoms with E-state index in [1.54, 1.807) is 6.92 Å². The van der Waals surface area contributed by atoms with E-state index >= 15 is 0 Å². The van der Waals surface area contributed by atoms with Crippen LogP contribution in [-0.4, -0.2) is 99.5 Å². The number of ether oxygens (including phenoxy) is 2. The summed E-state index contributed by atoms with van der Waals surface area (Å²) in [6.07, 6.45) is -4.55. The van der Waals surface area contributed by atoms with Gasteiger partial charge >= 0.3 is 22.0 Å². The second-order valence-corrected chi connectivity index (χ2v) is 11.0. The van der Waals surface area contributed by atoms with E-state index in [4.69, 9.17) is 13.7 Å². The Kier molecular flexibility index (Phi) is 6.39. The molecule has 0 spiro atoms. The molecule has 6 bridgehead atoms. The number of nitrogens with zero attached hydrogens (tertiary/aromatic N) is 3. The zero-order valence-corrected chi connectivity index (χ0v) is 20.6. The maximum atomic E-state index is 13.1. The SMILES string of the molecule is Cc1cn2c(=O)nc1[C@@H]1N(C(=O)NC(=O)[C@]1(C)O)[C@H]1C[C@H](NS(=O)(=O)OC[C@H]3O[C@@H]2C[C@@H]3O)[C@@H](CO)O1. The number of hydrogen-bond donors (Lipinski definition) is 5. The van der Waals surface area contributed by atoms with Gasteiger partial charge in [-0.1, -0.05) is 0 Å². The number of carbonyl (C=O) groups is 2. The lowest BCUT2D eigenvalue weighted by Crippen LogP contribution is -2.67. The summed E-state index contributed by atoms with van der Waals surface area (Å²) in [6, 6.07) is -3.56. The standard InChI is InChI=1S/C20H27N5O11S/c1-8-5-24-13-4-10(27)12(36-13)7-34-37(32,33)23-9-3-14(35-11(9)6-26)25-16(15(8)21-18(24)29)20(2,31)17(28)22-19(25)30/h5,9-14,16,23,26-27,31H,3-4,6-7H2,1-2H3,(H,22,28,30)/t9-,10-,11+,12+,13+,14+,16-,20+/m0/s1. The normalized spacial score (nSPS) is 39.5. The van der Waals surface area contributed by atoms with E-state index in [9.17, 15) is 38.1 Å². The third kappa shape index (κ3) is 4.44. The van der Waals surface area contributed by atoms with Gasteiger partial charge in [0.05, 0.1) is 37.2 Å². The first kappa shape index (κ1) is 26.1. The minimum absolute atomic E-state index is 0.0683. The Morgan fingerprint density at radius 3 is 2.65 bits per heavy atom. The van der Waals surface area contributed by atoms with Crippen LogP contribution in [0.2, 0.25) is 0 Å². The lowest BCUT2D eigenvalue weighted by Gasteiger charge is -2.45. The van der Waals surface area contributed by atoms with Crippen LogP contribution in [0.25, 0.3) is 0 Å². The number of aliphatic hydroxyl groups excluding tert-OH is 2. The van der Waals surface area contributed by atoms with E-state index in [0.29, 0.717) is 5.56 Å². The molecule has 37 heavy (non-hydrogen) atoms. The number of nitrogens with one attached hydrogen (secondary N) is 2. The summed E-state index contributed by atoms with van der Waals surface area (Å²) >= 11 is 0. The molecule has 0 unspecified atom stereocenters. The molecule has 16 nitrogen and oxygen atoms in total. The molecule has 0 aliphatic carbocycles. The van der Waals surface area contributed by atoms with Crippen molar-refractivity contribution in [2.75, 3.05) is 13.2 Å². The molecule has 5 N–H and O–H groups in total. The molecule has 6 rings (SSSR count). The fraction of sp³-hybridized carbons (Fsp3) is 0.700. The molecule has 1 aromatic heterocycles. The first-order chi connectivity index (χ1) is 17.3. The largest absolute Gasteiger partial charge is 0.394 e. The van der Waals surface area contributed by atoms with Crippen molar-refractivity contribution in [1.29, 1.82) is 0 Å². The number of rotatable bonds is 1. The fourth-order valence-electron chi connectivity index (χ4n) is 5.16. The molecule has 8 atom stereocenters. The molecule has 3 fully saturated rings. The van der Waals surface area contributed by atoms with Gasteiger partial charge in [-0.2, -0.15) is 18.1 Å². The van der Waals surface area contributed by atoms with Gasteiger partial charge < -0.3 is 24.8 Å². The average Bonchev–Trinajstić information content (AvgIpc) is 3.38. The van der Waals surface area contributed by atoms with Crippen LogP contribution in [0, 0.1) is 6.92 Å². The average molecular weight is 546 g/mol. The van der Waals surface area contributed by atoms with Crippen LogP contribution in [0.1, 0.15) is 43.3 Å². The van der Waals surface area contributed by atoms with Gasteiger partial charge in [-0.15, -0.1) is 0 Å². The fourth-order valence-corrected chi connectivity index (χ4v) is 6.16. The zero-order chi connectivity index (χ0) is 26.9. The molecule has 5 aliphatic heterocycles. The van der Waals surface area contributed by atoms with E-state index in [0.717, 1.165) is 16.4 Å². The van der Waals surface area contributed by atoms with Crippen molar-refractivity contribution >= 4 is 22.2 Å². The Hall–Kier alpha value is -2.51. The first-order valence-corrected chi connectivity index (χ1v) is 13.0. The second kappa shape index (κ2) is 9.05. The maximum absolute atomic E-state index is 13.1. The van der Waals surface area contributed by atoms with Crippen molar-refractivity contribution in [2.24, 2.45) is 0 Å². The third-order valence-corrected chi connectivity index (χ3v) is 8.12. The van der Waals surface area contributed by atoms with E-state index in [-0.39, 0.29) is 18.5 Å². The highest BCUT2D eigenvalue weighted by atomic mass is 32.2. The van der Waals surface area contributed by atoms with Crippen LogP contribution in [0.3, 0.4) is 0 Å². The summed E-state index contributed by atoms with van der Waals surface area (Å²) in [4.78, 5) is 43.8. The van der Waals surface area contributed by atoms with Crippen LogP contribution < -0.4 is 15.7 Å². The minimum atomic E-state index is -4.45. The van der Waals surface area contributed by atoms with E-state index in [1.807, 2.05) is 5.32 Å². The Labute approximate surface area is 210 Å². The highest BCUT2D eigenvalue weighted by molar-refractivity contribution is 7.84. The molecule has 3 saturated heterocycles. The summed E-state index contributed by atoms with van der Waals surface area (Å²) in [6.45, 7) is 1.50. The van der Waals surface area contributed by atoms with E-state index in [2.05, 4.69) is 9.71 Å². The molecule has 5 aliphatic rings. The van der Waals surface area contributed by atoms with Crippen LogP contribution in [0.4, 0.5) is 4.79 Å². The molecule has 0 saturated carbocycles. The highest BCUT2D eigenvalue weighted by Crippen LogP contribution is 2.40. The molecule has 1 aromatic rings. The van der Waals surface area contributed by atoms with Crippen LogP contribution in [0.15, 0.2) is 11.0 Å². The summed E-state index contributed by atoms with van der Waals surface area (Å²) in [5, 5.41) is 33.5. The van der Waals surface area contributed by atoms with Gasteiger partial charge in [0.15, 0.2) is 5.60 Å². The second-order valence-electron chi connectivity index (χ2n) is 9.66. The lowest BCUT2D eigenvalue weighted by molar-refractivity contribution is -0.159. The number of imide groups is 1. The third-order valence-electron chi connectivity index (χ3n) is 7.08. The van der Waals surface area contributed by atoms with E-state index < -0.39 is 89.6 Å². The van der Waals surface area contributed by atoms with Gasteiger partial charge in [-0.25, -0.2) is 9.59 Å². The number of aliphatic hydroxyl groups is 3. The van der Waals surface area contributed by atoms with Crippen LogP contribution >= 0.6 is 0 Å². The molecular weight excluding hydrogens is 518 g/mol. The van der Waals surface area contributed by atoms with Gasteiger partial charge in [0, 0.05) is 19.0 Å². The molecule has 6 heterocycles. The molecular formula is C20H27N5O11S. The Morgan fingerprint density at radius 1 is 1.22 bits per heavy atom. The quantitative estimate of drug-likeness (QED) is 0.237. The lowest BCUT2D eigenvalue weighted by atomic mass is 9.87. The van der Waals surface area contributed by atoms with Gasteiger partial charge in [-0.05, 0) is 19.4 Å².